The molecule has 1 aliphatic heterocycles. The fourth-order valence-corrected chi connectivity index (χ4v) is 5.67. The zero-order valence-corrected chi connectivity index (χ0v) is 20.2. The molecule has 1 aromatic carbocycles. The molecule has 9 heteroatoms. The zero-order valence-electron chi connectivity index (χ0n) is 15.7. The maximum Gasteiger partial charge on any atom is 0.286 e. The number of hydrogen-bond acceptors (Lipinski definition) is 4. The van der Waals surface area contributed by atoms with Crippen LogP contribution in [0, 0.1) is 9.81 Å². The van der Waals surface area contributed by atoms with E-state index in [9.17, 15) is 4.79 Å². The third-order valence-corrected chi connectivity index (χ3v) is 7.34. The van der Waals surface area contributed by atoms with Crippen molar-refractivity contribution in [3.05, 3.63) is 54.5 Å². The molecule has 0 radical (unpaired) electrons. The normalized spacial score (nSPS) is 14.9. The van der Waals surface area contributed by atoms with E-state index in [1.807, 2.05) is 30.1 Å². The molecule has 1 amide bonds. The molecular weight excluding hydrogens is 542 g/mol. The number of nitrogens with zero attached hydrogens (tertiary/aromatic N) is 3. The van der Waals surface area contributed by atoms with Crippen molar-refractivity contribution in [2.45, 2.75) is 26.2 Å². The van der Waals surface area contributed by atoms with Gasteiger partial charge in [-0.3, -0.25) is 10.2 Å². The number of carbonyl (C=O) groups excluding carboxylic acids is 1. The van der Waals surface area contributed by atoms with Gasteiger partial charge in [0, 0.05) is 23.7 Å². The summed E-state index contributed by atoms with van der Waals surface area (Å²) in [5, 5.41) is 7.69. The smallest absolute Gasteiger partial charge is 0.283 e. The Morgan fingerprint density at radius 3 is 2.59 bits per heavy atom. The molecular formula is C20H19Cl2IN4OS. The minimum atomic E-state index is -0.194. The number of amides is 1. The number of halogens is 3. The van der Waals surface area contributed by atoms with Crippen molar-refractivity contribution in [3.8, 4) is 16.3 Å². The fraction of sp³-hybridized carbons (Fsp3) is 0.300. The summed E-state index contributed by atoms with van der Waals surface area (Å²) in [6, 6.07) is 9.38. The van der Waals surface area contributed by atoms with Gasteiger partial charge in [0.05, 0.1) is 24.2 Å². The zero-order chi connectivity index (χ0) is 20.5. The van der Waals surface area contributed by atoms with E-state index in [0.29, 0.717) is 21.4 Å². The van der Waals surface area contributed by atoms with E-state index in [4.69, 9.17) is 23.2 Å². The first-order chi connectivity index (χ1) is 13.9. The van der Waals surface area contributed by atoms with Gasteiger partial charge in [-0.25, -0.2) is 9.69 Å². The molecule has 5 nitrogen and oxygen atoms in total. The topological polar surface area (TPSA) is 50.2 Å². The number of thiophene rings is 1. The number of carbonyl (C=O) groups is 1. The Balaban J connectivity index is 1.79. The summed E-state index contributed by atoms with van der Waals surface area (Å²) in [5.41, 5.74) is 5.80. The van der Waals surface area contributed by atoms with Crippen LogP contribution in [0.15, 0.2) is 30.3 Å². The van der Waals surface area contributed by atoms with Crippen molar-refractivity contribution < 1.29 is 4.79 Å². The van der Waals surface area contributed by atoms with E-state index in [0.717, 1.165) is 44.9 Å². The Morgan fingerprint density at radius 1 is 1.17 bits per heavy atom. The summed E-state index contributed by atoms with van der Waals surface area (Å²) in [4.78, 5) is 14.1. The molecule has 3 aromatic rings. The largest absolute Gasteiger partial charge is 0.286 e. The highest BCUT2D eigenvalue weighted by Crippen LogP contribution is 2.36. The Labute approximate surface area is 197 Å². The molecule has 0 saturated carbocycles. The number of aromatic nitrogens is 2. The lowest BCUT2D eigenvalue weighted by Gasteiger charge is -2.26. The van der Waals surface area contributed by atoms with Crippen LogP contribution in [0.1, 0.15) is 35.3 Å². The number of nitrogens with one attached hydrogen (secondary N) is 1. The first-order valence-electron chi connectivity index (χ1n) is 9.30. The van der Waals surface area contributed by atoms with Gasteiger partial charge in [0.15, 0.2) is 5.69 Å². The van der Waals surface area contributed by atoms with Crippen LogP contribution in [-0.2, 0) is 0 Å². The number of benzene rings is 1. The number of hydrogen-bond donors (Lipinski definition) is 1. The molecule has 4 rings (SSSR count). The van der Waals surface area contributed by atoms with Crippen molar-refractivity contribution in [1.29, 1.82) is 0 Å². The number of rotatable bonds is 4. The van der Waals surface area contributed by atoms with Crippen LogP contribution in [0.5, 0.6) is 0 Å². The van der Waals surface area contributed by atoms with E-state index in [1.54, 1.807) is 28.2 Å². The Hall–Kier alpha value is -1.13. The minimum Gasteiger partial charge on any atom is -0.283 e. The number of hydrazine groups is 1. The van der Waals surface area contributed by atoms with Crippen LogP contribution in [0.4, 0.5) is 0 Å². The van der Waals surface area contributed by atoms with Crippen molar-refractivity contribution in [2.24, 2.45) is 0 Å². The van der Waals surface area contributed by atoms with Crippen LogP contribution in [0.2, 0.25) is 10.0 Å². The average Bonchev–Trinajstić information content (AvgIpc) is 3.25. The predicted octanol–water partition coefficient (Wildman–Crippen LogP) is 5.95. The molecule has 0 aliphatic carbocycles. The first-order valence-corrected chi connectivity index (χ1v) is 12.0. The second kappa shape index (κ2) is 8.93. The van der Waals surface area contributed by atoms with Gasteiger partial charge in [0.2, 0.25) is 0 Å². The molecule has 0 bridgehead atoms. The molecule has 3 heterocycles. The molecule has 1 N–H and O–H groups in total. The Morgan fingerprint density at radius 2 is 1.93 bits per heavy atom. The average molecular weight is 561 g/mol. The number of piperidine rings is 1. The van der Waals surface area contributed by atoms with Gasteiger partial charge in [-0.1, -0.05) is 29.6 Å². The highest BCUT2D eigenvalue weighted by molar-refractivity contribution is 14.1. The summed E-state index contributed by atoms with van der Waals surface area (Å²) in [5.74, 6) is -0.194. The SMILES string of the molecule is Cc1c(C(=O)NN2CCCCC2)nn(-c2ccc(Cl)cc2Cl)c1-c1ccc(I)s1. The lowest BCUT2D eigenvalue weighted by molar-refractivity contribution is 0.0743. The quantitative estimate of drug-likeness (QED) is 0.401. The lowest BCUT2D eigenvalue weighted by Crippen LogP contribution is -2.45. The third-order valence-electron chi connectivity index (χ3n) is 4.90. The van der Waals surface area contributed by atoms with Gasteiger partial charge in [-0.15, -0.1) is 11.3 Å². The molecule has 0 spiro atoms. The Kier molecular flexibility index (Phi) is 6.50. The molecule has 1 fully saturated rings. The van der Waals surface area contributed by atoms with Crippen molar-refractivity contribution >= 4 is 63.0 Å². The molecule has 0 atom stereocenters. The standard InChI is InChI=1S/C20H19Cl2IN4OS/c1-12-18(20(28)25-26-9-3-2-4-10-26)24-27(15-6-5-13(21)11-14(15)22)19(12)16-7-8-17(23)29-16/h5-8,11H,2-4,9-10H2,1H3,(H,25,28). The van der Waals surface area contributed by atoms with Crippen LogP contribution in [0.25, 0.3) is 16.3 Å². The fourth-order valence-electron chi connectivity index (χ4n) is 3.47. The van der Waals surface area contributed by atoms with E-state index in [2.05, 4.69) is 33.1 Å². The summed E-state index contributed by atoms with van der Waals surface area (Å²) in [7, 11) is 0. The van der Waals surface area contributed by atoms with Gasteiger partial charge >= 0.3 is 0 Å². The summed E-state index contributed by atoms with van der Waals surface area (Å²) >= 11 is 16.5. The maximum absolute atomic E-state index is 13.0. The molecule has 0 unspecified atom stereocenters. The highest BCUT2D eigenvalue weighted by atomic mass is 127. The second-order valence-corrected chi connectivity index (χ2v) is 10.7. The van der Waals surface area contributed by atoms with E-state index >= 15 is 0 Å². The highest BCUT2D eigenvalue weighted by Gasteiger charge is 2.25. The van der Waals surface area contributed by atoms with Crippen LogP contribution in [-0.4, -0.2) is 33.8 Å². The predicted molar refractivity (Wildman–Crippen MR) is 127 cm³/mol. The van der Waals surface area contributed by atoms with E-state index in [-0.39, 0.29) is 5.91 Å². The molecule has 152 valence electrons. The van der Waals surface area contributed by atoms with Gasteiger partial charge in [0.1, 0.15) is 0 Å². The molecule has 29 heavy (non-hydrogen) atoms. The van der Waals surface area contributed by atoms with Gasteiger partial charge in [0.25, 0.3) is 5.91 Å². The summed E-state index contributed by atoms with van der Waals surface area (Å²) in [6.07, 6.45) is 3.39. The van der Waals surface area contributed by atoms with E-state index < -0.39 is 0 Å². The van der Waals surface area contributed by atoms with Gasteiger partial charge in [-0.05, 0) is 72.7 Å². The maximum atomic E-state index is 13.0. The molecule has 1 aliphatic rings. The molecule has 2 aromatic heterocycles. The van der Waals surface area contributed by atoms with Gasteiger partial charge < -0.3 is 0 Å². The van der Waals surface area contributed by atoms with Crippen LogP contribution >= 0.6 is 57.1 Å². The third kappa shape index (κ3) is 4.49. The Bertz CT molecular complexity index is 1060. The van der Waals surface area contributed by atoms with Crippen molar-refractivity contribution in [2.75, 3.05) is 13.1 Å². The second-order valence-electron chi connectivity index (χ2n) is 6.92. The van der Waals surface area contributed by atoms with Crippen LogP contribution in [0.3, 0.4) is 0 Å². The van der Waals surface area contributed by atoms with Crippen LogP contribution < -0.4 is 5.43 Å². The monoisotopic (exact) mass is 560 g/mol. The summed E-state index contributed by atoms with van der Waals surface area (Å²) < 4.78 is 2.91. The summed E-state index contributed by atoms with van der Waals surface area (Å²) in [6.45, 7) is 3.66. The van der Waals surface area contributed by atoms with E-state index in [1.165, 1.54) is 6.42 Å². The van der Waals surface area contributed by atoms with Crippen molar-refractivity contribution in [1.82, 2.24) is 20.2 Å². The first kappa shape index (κ1) is 21.1. The lowest BCUT2D eigenvalue weighted by atomic mass is 10.1. The minimum absolute atomic E-state index is 0.194. The van der Waals surface area contributed by atoms with Crippen molar-refractivity contribution in [3.63, 3.8) is 0 Å². The molecule has 1 saturated heterocycles. The van der Waals surface area contributed by atoms with Gasteiger partial charge in [-0.2, -0.15) is 5.10 Å².